The van der Waals surface area contributed by atoms with Crippen molar-refractivity contribution in [2.45, 2.75) is 38.8 Å². The highest BCUT2D eigenvalue weighted by atomic mass is 16.6. The predicted octanol–water partition coefficient (Wildman–Crippen LogP) is 2.03. The highest BCUT2D eigenvalue weighted by Crippen LogP contribution is 2.26. The Balaban J connectivity index is 3.03. The van der Waals surface area contributed by atoms with Crippen molar-refractivity contribution in [1.29, 1.82) is 0 Å². The van der Waals surface area contributed by atoms with Crippen molar-refractivity contribution in [2.75, 3.05) is 7.11 Å². The Bertz CT molecular complexity index is 496. The van der Waals surface area contributed by atoms with Crippen LogP contribution in [0.4, 0.5) is 4.79 Å². The van der Waals surface area contributed by atoms with Crippen molar-refractivity contribution >= 4 is 12.4 Å². The second-order valence-corrected chi connectivity index (χ2v) is 5.50. The SMILES string of the molecule is COc1cccnc1C(C)(C=O)NC(=O)OC(C)(C)C. The van der Waals surface area contributed by atoms with Crippen LogP contribution < -0.4 is 10.1 Å². The fourth-order valence-corrected chi connectivity index (χ4v) is 1.61. The molecule has 6 heteroatoms. The number of aromatic nitrogens is 1. The van der Waals surface area contributed by atoms with Gasteiger partial charge in [0.05, 0.1) is 7.11 Å². The molecule has 0 saturated heterocycles. The summed E-state index contributed by atoms with van der Waals surface area (Å²) in [5, 5.41) is 2.52. The molecule has 0 saturated carbocycles. The van der Waals surface area contributed by atoms with Crippen LogP contribution in [-0.2, 0) is 15.1 Å². The van der Waals surface area contributed by atoms with Crippen LogP contribution in [0.2, 0.25) is 0 Å². The van der Waals surface area contributed by atoms with E-state index in [9.17, 15) is 9.59 Å². The first-order chi connectivity index (χ1) is 9.22. The molecule has 20 heavy (non-hydrogen) atoms. The third-order valence-electron chi connectivity index (χ3n) is 2.48. The summed E-state index contributed by atoms with van der Waals surface area (Å²) in [4.78, 5) is 27.4. The number of hydrogen-bond acceptors (Lipinski definition) is 5. The van der Waals surface area contributed by atoms with E-state index in [2.05, 4.69) is 10.3 Å². The molecule has 0 aliphatic heterocycles. The maximum absolute atomic E-state index is 11.8. The van der Waals surface area contributed by atoms with E-state index in [1.165, 1.54) is 20.2 Å². The molecule has 1 rings (SSSR count). The molecule has 110 valence electrons. The van der Waals surface area contributed by atoms with Gasteiger partial charge in [0.1, 0.15) is 22.6 Å². The minimum absolute atomic E-state index is 0.323. The Morgan fingerprint density at radius 2 is 2.00 bits per heavy atom. The molecule has 0 aliphatic rings. The van der Waals surface area contributed by atoms with Crippen molar-refractivity contribution in [3.8, 4) is 5.75 Å². The molecule has 1 amide bonds. The summed E-state index contributed by atoms with van der Waals surface area (Å²) in [5.41, 5.74) is -1.65. The number of rotatable bonds is 4. The van der Waals surface area contributed by atoms with Crippen molar-refractivity contribution in [3.05, 3.63) is 24.0 Å². The molecule has 0 radical (unpaired) electrons. The first-order valence-electron chi connectivity index (χ1n) is 6.19. The van der Waals surface area contributed by atoms with Gasteiger partial charge in [-0.1, -0.05) is 0 Å². The number of nitrogens with zero attached hydrogens (tertiary/aromatic N) is 1. The molecule has 0 bridgehead atoms. The summed E-state index contributed by atoms with van der Waals surface area (Å²) in [6, 6.07) is 3.35. The van der Waals surface area contributed by atoms with Crippen LogP contribution in [0.15, 0.2) is 18.3 Å². The largest absolute Gasteiger partial charge is 0.495 e. The van der Waals surface area contributed by atoms with Crippen molar-refractivity contribution < 1.29 is 19.1 Å². The maximum Gasteiger partial charge on any atom is 0.408 e. The number of methoxy groups -OCH3 is 1. The van der Waals surface area contributed by atoms with E-state index in [-0.39, 0.29) is 0 Å². The van der Waals surface area contributed by atoms with Gasteiger partial charge >= 0.3 is 6.09 Å². The highest BCUT2D eigenvalue weighted by molar-refractivity contribution is 5.78. The Morgan fingerprint density at radius 1 is 1.35 bits per heavy atom. The van der Waals surface area contributed by atoms with Crippen LogP contribution >= 0.6 is 0 Å². The number of carbonyl (C=O) groups excluding carboxylic acids is 2. The number of ether oxygens (including phenoxy) is 2. The lowest BCUT2D eigenvalue weighted by atomic mass is 9.98. The van der Waals surface area contributed by atoms with Crippen molar-refractivity contribution in [1.82, 2.24) is 10.3 Å². The van der Waals surface area contributed by atoms with Gasteiger partial charge in [0.15, 0.2) is 6.29 Å². The average molecular weight is 280 g/mol. The molecule has 0 aliphatic carbocycles. The molecule has 1 unspecified atom stereocenters. The minimum atomic E-state index is -1.32. The van der Waals surface area contributed by atoms with Gasteiger partial charge in [-0.25, -0.2) is 4.79 Å². The molecular formula is C14H20N2O4. The van der Waals surface area contributed by atoms with Crippen LogP contribution in [0.1, 0.15) is 33.4 Å². The molecule has 0 spiro atoms. The standard InChI is InChI=1S/C14H20N2O4/c1-13(2,3)20-12(18)16-14(4,9-17)11-10(19-5)7-6-8-15-11/h6-9H,1-5H3,(H,16,18). The molecule has 1 aromatic heterocycles. The summed E-state index contributed by atoms with van der Waals surface area (Å²) in [6.45, 7) is 6.76. The number of aldehydes is 1. The van der Waals surface area contributed by atoms with Crippen LogP contribution in [0.5, 0.6) is 5.75 Å². The van der Waals surface area contributed by atoms with Gasteiger partial charge in [0.2, 0.25) is 0 Å². The van der Waals surface area contributed by atoms with Crippen LogP contribution in [0, 0.1) is 0 Å². The number of pyridine rings is 1. The van der Waals surface area contributed by atoms with Crippen LogP contribution in [-0.4, -0.2) is 30.1 Å². The Kier molecular flexibility index (Phi) is 4.70. The van der Waals surface area contributed by atoms with Gasteiger partial charge in [-0.3, -0.25) is 4.98 Å². The van der Waals surface area contributed by atoms with Gasteiger partial charge in [-0.2, -0.15) is 0 Å². The van der Waals surface area contributed by atoms with Crippen molar-refractivity contribution in [3.63, 3.8) is 0 Å². The Hall–Kier alpha value is -2.11. The average Bonchev–Trinajstić information content (AvgIpc) is 2.36. The molecule has 1 atom stereocenters. The van der Waals surface area contributed by atoms with E-state index >= 15 is 0 Å². The summed E-state index contributed by atoms with van der Waals surface area (Å²) < 4.78 is 10.3. The van der Waals surface area contributed by atoms with E-state index in [0.29, 0.717) is 17.7 Å². The van der Waals surface area contributed by atoms with Gasteiger partial charge in [-0.05, 0) is 39.8 Å². The lowest BCUT2D eigenvalue weighted by Gasteiger charge is -2.27. The monoisotopic (exact) mass is 280 g/mol. The number of nitrogens with one attached hydrogen (secondary N) is 1. The predicted molar refractivity (Wildman–Crippen MR) is 73.6 cm³/mol. The molecule has 1 heterocycles. The zero-order valence-corrected chi connectivity index (χ0v) is 12.4. The first kappa shape index (κ1) is 15.9. The molecular weight excluding hydrogens is 260 g/mol. The molecule has 0 aromatic carbocycles. The van der Waals surface area contributed by atoms with Gasteiger partial charge in [-0.15, -0.1) is 0 Å². The fourth-order valence-electron chi connectivity index (χ4n) is 1.61. The van der Waals surface area contributed by atoms with E-state index in [4.69, 9.17) is 9.47 Å². The third-order valence-corrected chi connectivity index (χ3v) is 2.48. The second-order valence-electron chi connectivity index (χ2n) is 5.50. The zero-order chi connectivity index (χ0) is 15.4. The Morgan fingerprint density at radius 3 is 2.50 bits per heavy atom. The summed E-state index contributed by atoms with van der Waals surface area (Å²) >= 11 is 0. The van der Waals surface area contributed by atoms with Gasteiger partial charge in [0.25, 0.3) is 0 Å². The van der Waals surface area contributed by atoms with Crippen molar-refractivity contribution in [2.24, 2.45) is 0 Å². The molecule has 1 N–H and O–H groups in total. The van der Waals surface area contributed by atoms with Gasteiger partial charge in [0, 0.05) is 6.20 Å². The maximum atomic E-state index is 11.8. The van der Waals surface area contributed by atoms with E-state index in [0.717, 1.165) is 0 Å². The number of amides is 1. The topological polar surface area (TPSA) is 77.5 Å². The smallest absolute Gasteiger partial charge is 0.408 e. The molecule has 6 nitrogen and oxygen atoms in total. The van der Waals surface area contributed by atoms with Crippen LogP contribution in [0.3, 0.4) is 0 Å². The quantitative estimate of drug-likeness (QED) is 0.854. The normalized spacial score (nSPS) is 14.1. The lowest BCUT2D eigenvalue weighted by molar-refractivity contribution is -0.113. The fraction of sp³-hybridized carbons (Fsp3) is 0.500. The van der Waals surface area contributed by atoms with Crippen LogP contribution in [0.25, 0.3) is 0 Å². The zero-order valence-electron chi connectivity index (χ0n) is 12.4. The summed E-state index contributed by atoms with van der Waals surface area (Å²) in [6.07, 6.45) is 1.43. The molecule has 1 aromatic rings. The number of alkyl carbamates (subject to hydrolysis) is 1. The summed E-state index contributed by atoms with van der Waals surface area (Å²) in [7, 11) is 1.47. The lowest BCUT2D eigenvalue weighted by Crippen LogP contribution is -2.47. The van der Waals surface area contributed by atoms with E-state index < -0.39 is 17.2 Å². The minimum Gasteiger partial charge on any atom is -0.495 e. The first-order valence-corrected chi connectivity index (χ1v) is 6.19. The second kappa shape index (κ2) is 5.90. The number of carbonyl (C=O) groups is 2. The summed E-state index contributed by atoms with van der Waals surface area (Å²) in [5.74, 6) is 0.415. The third kappa shape index (κ3) is 3.94. The molecule has 0 fully saturated rings. The highest BCUT2D eigenvalue weighted by Gasteiger charge is 2.34. The number of hydrogen-bond donors (Lipinski definition) is 1. The van der Waals surface area contributed by atoms with Gasteiger partial charge < -0.3 is 19.6 Å². The van der Waals surface area contributed by atoms with E-state index in [1.54, 1.807) is 32.9 Å². The van der Waals surface area contributed by atoms with E-state index in [1.807, 2.05) is 0 Å². The Labute approximate surface area is 118 Å².